The van der Waals surface area contributed by atoms with E-state index in [2.05, 4.69) is 9.62 Å². The maximum atomic E-state index is 12.7. The van der Waals surface area contributed by atoms with Crippen LogP contribution in [0.25, 0.3) is 0 Å². The van der Waals surface area contributed by atoms with E-state index in [1.54, 1.807) is 6.07 Å². The molecular weight excluding hydrogens is 436 g/mol. The van der Waals surface area contributed by atoms with E-state index in [1.807, 2.05) is 18.2 Å². The SMILES string of the molecule is CS(=O)(=O)c1ccc(S(=O)(=O)NCC(c2cccc(Cl)c2)N2CCOCC2)cc1. The number of hydrogen-bond acceptors (Lipinski definition) is 6. The van der Waals surface area contributed by atoms with Crippen molar-refractivity contribution in [2.24, 2.45) is 0 Å². The lowest BCUT2D eigenvalue weighted by atomic mass is 10.1. The van der Waals surface area contributed by atoms with Crippen molar-refractivity contribution < 1.29 is 21.6 Å². The lowest BCUT2D eigenvalue weighted by Crippen LogP contribution is -2.43. The topological polar surface area (TPSA) is 92.8 Å². The van der Waals surface area contributed by atoms with E-state index in [-0.39, 0.29) is 22.4 Å². The highest BCUT2D eigenvalue weighted by Crippen LogP contribution is 2.25. The van der Waals surface area contributed by atoms with Crippen molar-refractivity contribution in [1.29, 1.82) is 0 Å². The lowest BCUT2D eigenvalue weighted by Gasteiger charge is -2.35. The third-order valence-corrected chi connectivity index (χ3v) is 7.55. The van der Waals surface area contributed by atoms with E-state index < -0.39 is 19.9 Å². The minimum Gasteiger partial charge on any atom is -0.379 e. The van der Waals surface area contributed by atoms with Gasteiger partial charge in [0.15, 0.2) is 9.84 Å². The number of ether oxygens (including phenoxy) is 1. The Morgan fingerprint density at radius 2 is 1.66 bits per heavy atom. The number of nitrogens with one attached hydrogen (secondary N) is 1. The van der Waals surface area contributed by atoms with Crippen LogP contribution in [0.15, 0.2) is 58.3 Å². The molecule has 0 spiro atoms. The summed E-state index contributed by atoms with van der Waals surface area (Å²) in [5, 5.41) is 0.583. The van der Waals surface area contributed by atoms with Crippen LogP contribution < -0.4 is 4.72 Å². The van der Waals surface area contributed by atoms with Crippen LogP contribution in [-0.2, 0) is 24.6 Å². The summed E-state index contributed by atoms with van der Waals surface area (Å²) in [6, 6.07) is 12.3. The minimum atomic E-state index is -3.81. The van der Waals surface area contributed by atoms with Gasteiger partial charge in [0.25, 0.3) is 0 Å². The van der Waals surface area contributed by atoms with Gasteiger partial charge in [0.1, 0.15) is 0 Å². The fraction of sp³-hybridized carbons (Fsp3) is 0.368. The van der Waals surface area contributed by atoms with Crippen LogP contribution in [0.2, 0.25) is 5.02 Å². The third-order valence-electron chi connectivity index (χ3n) is 4.75. The van der Waals surface area contributed by atoms with Gasteiger partial charge >= 0.3 is 0 Å². The Bertz CT molecular complexity index is 1050. The molecule has 10 heteroatoms. The summed E-state index contributed by atoms with van der Waals surface area (Å²) in [5.74, 6) is 0. The van der Waals surface area contributed by atoms with Crippen molar-refractivity contribution in [2.45, 2.75) is 15.8 Å². The zero-order valence-electron chi connectivity index (χ0n) is 15.9. The van der Waals surface area contributed by atoms with Crippen molar-refractivity contribution in [3.05, 3.63) is 59.1 Å². The van der Waals surface area contributed by atoms with E-state index in [0.29, 0.717) is 31.3 Å². The fourth-order valence-electron chi connectivity index (χ4n) is 3.20. The molecule has 0 aliphatic carbocycles. The molecule has 1 aliphatic heterocycles. The van der Waals surface area contributed by atoms with Gasteiger partial charge in [-0.15, -0.1) is 0 Å². The second-order valence-electron chi connectivity index (χ2n) is 6.81. The molecule has 1 N–H and O–H groups in total. The molecule has 1 atom stereocenters. The molecule has 1 saturated heterocycles. The standard InChI is InChI=1S/C19H23ClN2O5S2/c1-28(23,24)17-5-7-18(8-6-17)29(25,26)21-14-19(22-9-11-27-12-10-22)15-3-2-4-16(20)13-15/h2-8,13,19,21H,9-12,14H2,1H3. The van der Waals surface area contributed by atoms with Crippen molar-refractivity contribution in [3.63, 3.8) is 0 Å². The Morgan fingerprint density at radius 1 is 1.03 bits per heavy atom. The van der Waals surface area contributed by atoms with Crippen LogP contribution >= 0.6 is 11.6 Å². The molecule has 2 aromatic carbocycles. The highest BCUT2D eigenvalue weighted by atomic mass is 35.5. The summed E-state index contributed by atoms with van der Waals surface area (Å²) in [6.45, 7) is 2.67. The first kappa shape index (κ1) is 22.2. The first-order chi connectivity index (χ1) is 13.7. The summed E-state index contributed by atoms with van der Waals surface area (Å²) in [6.07, 6.45) is 1.08. The van der Waals surface area contributed by atoms with Crippen molar-refractivity contribution >= 4 is 31.5 Å². The van der Waals surface area contributed by atoms with Crippen LogP contribution in [0, 0.1) is 0 Å². The molecule has 3 rings (SSSR count). The predicted octanol–water partition coefficient (Wildman–Crippen LogP) is 2.10. The van der Waals surface area contributed by atoms with Gasteiger partial charge in [-0.2, -0.15) is 0 Å². The van der Waals surface area contributed by atoms with Gasteiger partial charge in [-0.1, -0.05) is 23.7 Å². The maximum absolute atomic E-state index is 12.7. The molecule has 7 nitrogen and oxygen atoms in total. The molecule has 0 amide bonds. The highest BCUT2D eigenvalue weighted by Gasteiger charge is 2.25. The van der Waals surface area contributed by atoms with Crippen molar-refractivity contribution in [1.82, 2.24) is 9.62 Å². The Labute approximate surface area is 176 Å². The average molecular weight is 459 g/mol. The molecule has 0 saturated carbocycles. The number of hydrogen-bond donors (Lipinski definition) is 1. The van der Waals surface area contributed by atoms with Gasteiger partial charge < -0.3 is 4.74 Å². The first-order valence-electron chi connectivity index (χ1n) is 9.04. The van der Waals surface area contributed by atoms with E-state index in [0.717, 1.165) is 11.8 Å². The molecule has 1 unspecified atom stereocenters. The summed E-state index contributed by atoms with van der Waals surface area (Å²) < 4.78 is 56.7. The quantitative estimate of drug-likeness (QED) is 0.683. The number of benzene rings is 2. The first-order valence-corrected chi connectivity index (χ1v) is 12.8. The minimum absolute atomic E-state index is 0.0109. The molecule has 29 heavy (non-hydrogen) atoms. The second-order valence-corrected chi connectivity index (χ2v) is 11.0. The van der Waals surface area contributed by atoms with E-state index in [4.69, 9.17) is 16.3 Å². The van der Waals surface area contributed by atoms with E-state index in [1.165, 1.54) is 24.3 Å². The second kappa shape index (κ2) is 9.11. The monoisotopic (exact) mass is 458 g/mol. The molecule has 0 bridgehead atoms. The number of sulfonamides is 1. The number of halogens is 1. The van der Waals surface area contributed by atoms with Gasteiger partial charge in [-0.3, -0.25) is 4.90 Å². The Kier molecular flexibility index (Phi) is 6.98. The Hall–Kier alpha value is -1.49. The molecule has 158 valence electrons. The van der Waals surface area contributed by atoms with Crippen LogP contribution in [0.3, 0.4) is 0 Å². The van der Waals surface area contributed by atoms with Gasteiger partial charge in [-0.25, -0.2) is 21.6 Å². The van der Waals surface area contributed by atoms with Crippen LogP contribution in [0.1, 0.15) is 11.6 Å². The predicted molar refractivity (Wildman–Crippen MR) is 111 cm³/mol. The number of sulfone groups is 1. The smallest absolute Gasteiger partial charge is 0.240 e. The summed E-state index contributed by atoms with van der Waals surface area (Å²) in [5.41, 5.74) is 0.912. The highest BCUT2D eigenvalue weighted by molar-refractivity contribution is 7.90. The van der Waals surface area contributed by atoms with Gasteiger partial charge in [0.2, 0.25) is 10.0 Å². The molecular formula is C19H23ClN2O5S2. The normalized spacial score (nSPS) is 17.2. The van der Waals surface area contributed by atoms with Crippen molar-refractivity contribution in [3.8, 4) is 0 Å². The van der Waals surface area contributed by atoms with Crippen molar-refractivity contribution in [2.75, 3.05) is 39.1 Å². The molecule has 1 aliphatic rings. The molecule has 0 aromatic heterocycles. The van der Waals surface area contributed by atoms with Gasteiger partial charge in [0, 0.05) is 37.0 Å². The third kappa shape index (κ3) is 5.78. The summed E-state index contributed by atoms with van der Waals surface area (Å²) >= 11 is 6.13. The molecule has 1 fully saturated rings. The number of nitrogens with zero attached hydrogens (tertiary/aromatic N) is 1. The summed E-state index contributed by atoms with van der Waals surface area (Å²) in [7, 11) is -7.20. The maximum Gasteiger partial charge on any atom is 0.240 e. The fourth-order valence-corrected chi connectivity index (χ4v) is 5.07. The Morgan fingerprint density at radius 3 is 2.24 bits per heavy atom. The lowest BCUT2D eigenvalue weighted by molar-refractivity contribution is 0.0172. The average Bonchev–Trinajstić information content (AvgIpc) is 2.68. The Balaban J connectivity index is 1.80. The zero-order chi connectivity index (χ0) is 21.1. The summed E-state index contributed by atoms with van der Waals surface area (Å²) in [4.78, 5) is 2.24. The number of morpholine rings is 1. The van der Waals surface area contributed by atoms with E-state index in [9.17, 15) is 16.8 Å². The largest absolute Gasteiger partial charge is 0.379 e. The van der Waals surface area contributed by atoms with Crippen LogP contribution in [-0.4, -0.2) is 60.8 Å². The van der Waals surface area contributed by atoms with Gasteiger partial charge in [-0.05, 0) is 42.0 Å². The van der Waals surface area contributed by atoms with Crippen LogP contribution in [0.5, 0.6) is 0 Å². The number of rotatable bonds is 7. The molecule has 2 aromatic rings. The molecule has 1 heterocycles. The van der Waals surface area contributed by atoms with Crippen LogP contribution in [0.4, 0.5) is 0 Å². The molecule has 0 radical (unpaired) electrons. The van der Waals surface area contributed by atoms with Gasteiger partial charge in [0.05, 0.1) is 23.0 Å². The van der Waals surface area contributed by atoms with E-state index >= 15 is 0 Å². The zero-order valence-corrected chi connectivity index (χ0v) is 18.3.